The maximum absolute atomic E-state index is 4.83. The molecule has 0 saturated heterocycles. The number of nitrogens with zero attached hydrogens (tertiary/aromatic N) is 1. The van der Waals surface area contributed by atoms with Gasteiger partial charge in [-0.1, -0.05) is 27.7 Å². The van der Waals surface area contributed by atoms with Crippen molar-refractivity contribution >= 4 is 23.1 Å². The number of hydrogen-bond acceptors (Lipinski definition) is 4. The van der Waals surface area contributed by atoms with Gasteiger partial charge in [-0.15, -0.1) is 11.3 Å². The van der Waals surface area contributed by atoms with Gasteiger partial charge in [-0.25, -0.2) is 4.98 Å². The van der Waals surface area contributed by atoms with Crippen molar-refractivity contribution in [2.75, 3.05) is 6.26 Å². The zero-order valence-corrected chi connectivity index (χ0v) is 14.1. The number of thioether (sulfide) groups is 1. The molecule has 0 fully saturated rings. The van der Waals surface area contributed by atoms with Crippen molar-refractivity contribution in [2.45, 2.75) is 64.8 Å². The molecule has 0 bridgehead atoms. The Balaban J connectivity index is 2.86. The van der Waals surface area contributed by atoms with Crippen molar-refractivity contribution in [1.82, 2.24) is 10.3 Å². The summed E-state index contributed by atoms with van der Waals surface area (Å²) in [4.78, 5) is 6.24. The Kier molecular flexibility index (Phi) is 6.15. The quantitative estimate of drug-likeness (QED) is 0.848. The fourth-order valence-corrected chi connectivity index (χ4v) is 3.63. The minimum atomic E-state index is 0.139. The van der Waals surface area contributed by atoms with Crippen LogP contribution < -0.4 is 5.32 Å². The Labute approximate surface area is 120 Å². The van der Waals surface area contributed by atoms with Gasteiger partial charge in [-0.3, -0.25) is 0 Å². The predicted molar refractivity (Wildman–Crippen MR) is 84.6 cm³/mol. The van der Waals surface area contributed by atoms with Crippen LogP contribution in [0.1, 0.15) is 56.6 Å². The van der Waals surface area contributed by atoms with Crippen LogP contribution in [0.15, 0.2) is 0 Å². The lowest BCUT2D eigenvalue weighted by atomic mass is 9.91. The van der Waals surface area contributed by atoms with Crippen LogP contribution in [0.4, 0.5) is 0 Å². The van der Waals surface area contributed by atoms with E-state index in [1.807, 2.05) is 23.1 Å². The molecule has 1 atom stereocenters. The van der Waals surface area contributed by atoms with Crippen molar-refractivity contribution in [1.29, 1.82) is 0 Å². The number of hydrogen-bond donors (Lipinski definition) is 1. The minimum Gasteiger partial charge on any atom is -0.309 e. The topological polar surface area (TPSA) is 24.9 Å². The molecule has 18 heavy (non-hydrogen) atoms. The summed E-state index contributed by atoms with van der Waals surface area (Å²) in [6.45, 7) is 12.1. The minimum absolute atomic E-state index is 0.139. The number of thiazole rings is 1. The molecule has 0 aliphatic rings. The van der Waals surface area contributed by atoms with Gasteiger partial charge in [0, 0.05) is 28.6 Å². The van der Waals surface area contributed by atoms with E-state index in [2.05, 4.69) is 46.2 Å². The fraction of sp³-hybridized carbons (Fsp3) is 0.786. The molecular weight excluding hydrogens is 260 g/mol. The summed E-state index contributed by atoms with van der Waals surface area (Å²) in [7, 11) is 0. The summed E-state index contributed by atoms with van der Waals surface area (Å²) in [5.74, 6) is 1.02. The Morgan fingerprint density at radius 3 is 2.56 bits per heavy atom. The third-order valence-electron chi connectivity index (χ3n) is 2.94. The lowest BCUT2D eigenvalue weighted by Gasteiger charge is -2.19. The monoisotopic (exact) mass is 286 g/mol. The van der Waals surface area contributed by atoms with E-state index in [0.717, 1.165) is 12.3 Å². The molecule has 1 heterocycles. The van der Waals surface area contributed by atoms with E-state index in [9.17, 15) is 0 Å². The summed E-state index contributed by atoms with van der Waals surface area (Å²) < 4.78 is 0. The molecule has 1 unspecified atom stereocenters. The van der Waals surface area contributed by atoms with E-state index in [1.165, 1.54) is 22.0 Å². The summed E-state index contributed by atoms with van der Waals surface area (Å²) >= 11 is 3.71. The van der Waals surface area contributed by atoms with Crippen LogP contribution in [0.25, 0.3) is 0 Å². The molecule has 1 aromatic heterocycles. The van der Waals surface area contributed by atoms with Gasteiger partial charge >= 0.3 is 0 Å². The van der Waals surface area contributed by atoms with E-state index in [1.54, 1.807) is 0 Å². The average Bonchev–Trinajstić information content (AvgIpc) is 2.69. The van der Waals surface area contributed by atoms with Gasteiger partial charge in [0.05, 0.1) is 5.69 Å². The molecule has 0 aliphatic heterocycles. The lowest BCUT2D eigenvalue weighted by Crippen LogP contribution is -2.25. The first-order valence-corrected chi connectivity index (χ1v) is 8.80. The highest BCUT2D eigenvalue weighted by Crippen LogP contribution is 2.31. The molecule has 2 nitrogen and oxygen atoms in total. The third-order valence-corrected chi connectivity index (χ3v) is 4.74. The Bertz CT molecular complexity index is 366. The zero-order valence-electron chi connectivity index (χ0n) is 12.5. The molecule has 0 aliphatic carbocycles. The molecule has 1 aromatic rings. The smallest absolute Gasteiger partial charge is 0.103 e. The Morgan fingerprint density at radius 2 is 2.06 bits per heavy atom. The van der Waals surface area contributed by atoms with Gasteiger partial charge in [0.1, 0.15) is 5.01 Å². The van der Waals surface area contributed by atoms with Crippen LogP contribution in [0.2, 0.25) is 0 Å². The molecule has 4 heteroatoms. The van der Waals surface area contributed by atoms with E-state index in [4.69, 9.17) is 4.98 Å². The van der Waals surface area contributed by atoms with Gasteiger partial charge in [0.15, 0.2) is 0 Å². The normalized spacial score (nSPS) is 13.9. The van der Waals surface area contributed by atoms with Gasteiger partial charge in [-0.05, 0) is 19.6 Å². The van der Waals surface area contributed by atoms with Crippen molar-refractivity contribution < 1.29 is 0 Å². The van der Waals surface area contributed by atoms with Gasteiger partial charge in [-0.2, -0.15) is 11.8 Å². The molecule has 1 rings (SSSR count). The first kappa shape index (κ1) is 16.0. The maximum atomic E-state index is 4.83. The van der Waals surface area contributed by atoms with E-state index in [0.29, 0.717) is 6.04 Å². The van der Waals surface area contributed by atoms with Crippen molar-refractivity contribution in [3.8, 4) is 0 Å². The highest BCUT2D eigenvalue weighted by atomic mass is 32.2. The van der Waals surface area contributed by atoms with Crippen LogP contribution in [-0.4, -0.2) is 17.3 Å². The highest BCUT2D eigenvalue weighted by molar-refractivity contribution is 7.97. The molecule has 0 radical (unpaired) electrons. The van der Waals surface area contributed by atoms with E-state index in [-0.39, 0.29) is 5.41 Å². The summed E-state index contributed by atoms with van der Waals surface area (Å²) in [5, 5.41) is 4.84. The number of rotatable bonds is 6. The second-order valence-electron chi connectivity index (χ2n) is 5.75. The van der Waals surface area contributed by atoms with Crippen LogP contribution in [-0.2, 0) is 17.7 Å². The second kappa shape index (κ2) is 6.92. The number of nitrogens with one attached hydrogen (secondary N) is 1. The highest BCUT2D eigenvalue weighted by Gasteiger charge is 2.23. The predicted octanol–water partition coefficient (Wildman–Crippen LogP) is 4.19. The van der Waals surface area contributed by atoms with E-state index < -0.39 is 0 Å². The first-order valence-electron chi connectivity index (χ1n) is 6.59. The largest absolute Gasteiger partial charge is 0.309 e. The molecular formula is C14H26N2S2. The van der Waals surface area contributed by atoms with Gasteiger partial charge in [0.25, 0.3) is 0 Å². The molecule has 104 valence electrons. The Morgan fingerprint density at radius 1 is 1.39 bits per heavy atom. The summed E-state index contributed by atoms with van der Waals surface area (Å²) in [6, 6.07) is 0.573. The molecule has 1 N–H and O–H groups in total. The summed E-state index contributed by atoms with van der Waals surface area (Å²) in [6.07, 6.45) is 3.30. The molecule has 0 spiro atoms. The van der Waals surface area contributed by atoms with Crippen molar-refractivity contribution in [3.63, 3.8) is 0 Å². The fourth-order valence-electron chi connectivity index (χ4n) is 1.70. The number of aromatic nitrogens is 1. The van der Waals surface area contributed by atoms with Gasteiger partial charge in [0.2, 0.25) is 0 Å². The molecule has 0 amide bonds. The summed E-state index contributed by atoms with van der Waals surface area (Å²) in [5.41, 5.74) is 1.41. The van der Waals surface area contributed by atoms with Crippen LogP contribution >= 0.6 is 23.1 Å². The standard InChI is InChI=1S/C14H26N2S2/c1-7-10(2)15-8-11-13(14(3,4)5)16-12(18-11)9-17-6/h10,15H,7-9H2,1-6H3. The van der Waals surface area contributed by atoms with Crippen molar-refractivity contribution in [3.05, 3.63) is 15.6 Å². The maximum Gasteiger partial charge on any atom is 0.103 e. The van der Waals surface area contributed by atoms with Gasteiger partial charge < -0.3 is 5.32 Å². The molecule has 0 saturated carbocycles. The average molecular weight is 287 g/mol. The third kappa shape index (κ3) is 4.56. The molecule has 0 aromatic carbocycles. The van der Waals surface area contributed by atoms with Crippen molar-refractivity contribution in [2.24, 2.45) is 0 Å². The van der Waals surface area contributed by atoms with Crippen LogP contribution in [0.5, 0.6) is 0 Å². The zero-order chi connectivity index (χ0) is 13.8. The SMILES string of the molecule is CCC(C)NCc1sc(CSC)nc1C(C)(C)C. The second-order valence-corrected chi connectivity index (χ2v) is 7.79. The van der Waals surface area contributed by atoms with Crippen LogP contribution in [0.3, 0.4) is 0 Å². The lowest BCUT2D eigenvalue weighted by molar-refractivity contribution is 0.520. The Hall–Kier alpha value is -0.0600. The van der Waals surface area contributed by atoms with E-state index >= 15 is 0 Å². The first-order chi connectivity index (χ1) is 8.38. The van der Waals surface area contributed by atoms with Crippen LogP contribution in [0, 0.1) is 0 Å².